The topological polar surface area (TPSA) is 177 Å². The van der Waals surface area contributed by atoms with E-state index in [1.54, 1.807) is 6.92 Å². The molecule has 0 spiro atoms. The van der Waals surface area contributed by atoms with Crippen LogP contribution in [-0.4, -0.2) is 60.0 Å². The average molecular weight is 430 g/mol. The first kappa shape index (κ1) is 27.8. The summed E-state index contributed by atoms with van der Waals surface area (Å²) in [6, 6.07) is -2.51. The van der Waals surface area contributed by atoms with Gasteiger partial charge in [-0.25, -0.2) is 0 Å². The van der Waals surface area contributed by atoms with Crippen LogP contribution in [0, 0.1) is 11.8 Å². The van der Waals surface area contributed by atoms with Crippen LogP contribution in [0.1, 0.15) is 59.8 Å². The molecule has 3 amide bonds. The summed E-state index contributed by atoms with van der Waals surface area (Å²) >= 11 is 0. The van der Waals surface area contributed by atoms with Crippen molar-refractivity contribution in [1.29, 1.82) is 0 Å². The molecule has 8 N–H and O–H groups in total. The Bertz CT molecular complexity index is 570. The number of rotatable bonds is 15. The SMILES string of the molecule is CCC(C)C(NC(=O)C(CC(C)C)NC(=O)C(N)CCCCN)C(=O)NCC(=O)O. The summed E-state index contributed by atoms with van der Waals surface area (Å²) in [7, 11) is 0. The summed E-state index contributed by atoms with van der Waals surface area (Å²) in [5.41, 5.74) is 11.4. The van der Waals surface area contributed by atoms with Gasteiger partial charge in [0.25, 0.3) is 0 Å². The summed E-state index contributed by atoms with van der Waals surface area (Å²) in [4.78, 5) is 48.4. The Hall–Kier alpha value is -2.20. The quantitative estimate of drug-likeness (QED) is 0.194. The number of carboxylic acids is 1. The minimum Gasteiger partial charge on any atom is -0.480 e. The molecule has 174 valence electrons. The lowest BCUT2D eigenvalue weighted by molar-refractivity contribution is -0.139. The summed E-state index contributed by atoms with van der Waals surface area (Å²) in [5, 5.41) is 16.4. The third-order valence-electron chi connectivity index (χ3n) is 4.85. The van der Waals surface area contributed by atoms with Crippen LogP contribution in [0.3, 0.4) is 0 Å². The number of carboxylic acid groups (broad SMARTS) is 1. The Morgan fingerprint density at radius 2 is 1.60 bits per heavy atom. The molecule has 0 aromatic heterocycles. The first-order valence-corrected chi connectivity index (χ1v) is 10.6. The van der Waals surface area contributed by atoms with Crippen molar-refractivity contribution in [3.63, 3.8) is 0 Å². The Morgan fingerprint density at radius 3 is 2.10 bits per heavy atom. The van der Waals surface area contributed by atoms with Gasteiger partial charge in [0.2, 0.25) is 17.7 Å². The van der Waals surface area contributed by atoms with Gasteiger partial charge in [0, 0.05) is 0 Å². The lowest BCUT2D eigenvalue weighted by Gasteiger charge is -2.27. The zero-order valence-corrected chi connectivity index (χ0v) is 18.6. The fourth-order valence-electron chi connectivity index (χ4n) is 2.85. The lowest BCUT2D eigenvalue weighted by Crippen LogP contribution is -2.57. The highest BCUT2D eigenvalue weighted by molar-refractivity contribution is 5.93. The van der Waals surface area contributed by atoms with Gasteiger partial charge in [-0.15, -0.1) is 0 Å². The number of hydrogen-bond acceptors (Lipinski definition) is 6. The third kappa shape index (κ3) is 11.1. The second-order valence-corrected chi connectivity index (χ2v) is 8.07. The molecule has 0 aromatic carbocycles. The van der Waals surface area contributed by atoms with Gasteiger partial charge in [0.05, 0.1) is 6.04 Å². The highest BCUT2D eigenvalue weighted by atomic mass is 16.4. The molecule has 0 aliphatic carbocycles. The molecule has 0 radical (unpaired) electrons. The van der Waals surface area contributed by atoms with E-state index in [1.165, 1.54) is 0 Å². The molecule has 0 aliphatic rings. The zero-order valence-electron chi connectivity index (χ0n) is 18.6. The van der Waals surface area contributed by atoms with Crippen molar-refractivity contribution < 1.29 is 24.3 Å². The number of aliphatic carboxylic acids is 1. The van der Waals surface area contributed by atoms with Crippen molar-refractivity contribution in [2.75, 3.05) is 13.1 Å². The molecule has 0 heterocycles. The van der Waals surface area contributed by atoms with Gasteiger partial charge in [-0.3, -0.25) is 19.2 Å². The molecule has 10 heteroatoms. The first-order chi connectivity index (χ1) is 14.0. The van der Waals surface area contributed by atoms with E-state index in [-0.39, 0.29) is 11.8 Å². The van der Waals surface area contributed by atoms with E-state index in [2.05, 4.69) is 16.0 Å². The Kier molecular flexibility index (Phi) is 13.7. The van der Waals surface area contributed by atoms with Crippen molar-refractivity contribution >= 4 is 23.7 Å². The maximum Gasteiger partial charge on any atom is 0.322 e. The van der Waals surface area contributed by atoms with E-state index >= 15 is 0 Å². The number of nitrogens with one attached hydrogen (secondary N) is 3. The molecule has 0 saturated heterocycles. The number of amides is 3. The molecule has 0 aliphatic heterocycles. The second kappa shape index (κ2) is 14.7. The Labute approximate surface area is 178 Å². The van der Waals surface area contributed by atoms with Gasteiger partial charge in [0.15, 0.2) is 0 Å². The summed E-state index contributed by atoms with van der Waals surface area (Å²) in [5.74, 6) is -2.79. The highest BCUT2D eigenvalue weighted by Crippen LogP contribution is 2.11. The molecule has 4 unspecified atom stereocenters. The predicted molar refractivity (Wildman–Crippen MR) is 114 cm³/mol. The Balaban J connectivity index is 5.20. The molecule has 10 nitrogen and oxygen atoms in total. The van der Waals surface area contributed by atoms with Gasteiger partial charge < -0.3 is 32.5 Å². The monoisotopic (exact) mass is 429 g/mol. The van der Waals surface area contributed by atoms with Gasteiger partial charge in [-0.2, -0.15) is 0 Å². The van der Waals surface area contributed by atoms with Crippen molar-refractivity contribution in [3.05, 3.63) is 0 Å². The van der Waals surface area contributed by atoms with Crippen LogP contribution in [0.4, 0.5) is 0 Å². The fourth-order valence-corrected chi connectivity index (χ4v) is 2.85. The number of hydrogen-bond donors (Lipinski definition) is 6. The van der Waals surface area contributed by atoms with E-state index in [0.29, 0.717) is 32.2 Å². The van der Waals surface area contributed by atoms with Gasteiger partial charge in [-0.1, -0.05) is 40.5 Å². The molecule has 0 rings (SSSR count). The van der Waals surface area contributed by atoms with Crippen molar-refractivity contribution in [2.45, 2.75) is 77.9 Å². The number of unbranched alkanes of at least 4 members (excludes halogenated alkanes) is 1. The van der Waals surface area contributed by atoms with E-state index in [1.807, 2.05) is 20.8 Å². The number of nitrogens with two attached hydrogens (primary N) is 2. The average Bonchev–Trinajstić information content (AvgIpc) is 2.68. The Morgan fingerprint density at radius 1 is 0.967 bits per heavy atom. The molecule has 0 bridgehead atoms. The molecular weight excluding hydrogens is 390 g/mol. The van der Waals surface area contributed by atoms with Crippen molar-refractivity contribution in [1.82, 2.24) is 16.0 Å². The first-order valence-electron chi connectivity index (χ1n) is 10.6. The van der Waals surface area contributed by atoms with Crippen LogP contribution in [0.25, 0.3) is 0 Å². The van der Waals surface area contributed by atoms with Crippen LogP contribution >= 0.6 is 0 Å². The van der Waals surface area contributed by atoms with E-state index < -0.39 is 48.4 Å². The van der Waals surface area contributed by atoms with Crippen LogP contribution < -0.4 is 27.4 Å². The molecule has 0 saturated carbocycles. The van der Waals surface area contributed by atoms with Gasteiger partial charge >= 0.3 is 5.97 Å². The van der Waals surface area contributed by atoms with Crippen molar-refractivity contribution in [3.8, 4) is 0 Å². The largest absolute Gasteiger partial charge is 0.480 e. The summed E-state index contributed by atoms with van der Waals surface area (Å²) < 4.78 is 0. The molecule has 4 atom stereocenters. The zero-order chi connectivity index (χ0) is 23.3. The summed E-state index contributed by atoms with van der Waals surface area (Å²) in [6.07, 6.45) is 2.91. The maximum absolute atomic E-state index is 12.9. The van der Waals surface area contributed by atoms with Crippen molar-refractivity contribution in [2.24, 2.45) is 23.3 Å². The number of carbonyl (C=O) groups excluding carboxylic acids is 3. The molecule has 0 aromatic rings. The van der Waals surface area contributed by atoms with Gasteiger partial charge in [-0.05, 0) is 37.6 Å². The van der Waals surface area contributed by atoms with Gasteiger partial charge in [0.1, 0.15) is 18.6 Å². The third-order valence-corrected chi connectivity index (χ3v) is 4.85. The standard InChI is InChI=1S/C20H39N5O5/c1-5-13(4)17(20(30)23-11-16(26)27)25-19(29)15(10-12(2)3)24-18(28)14(22)8-6-7-9-21/h12-15,17H,5-11,21-22H2,1-4H3,(H,23,30)(H,24,28)(H,25,29)(H,26,27). The minimum atomic E-state index is -1.17. The van der Waals surface area contributed by atoms with E-state index in [4.69, 9.17) is 16.6 Å². The van der Waals surface area contributed by atoms with E-state index in [9.17, 15) is 19.2 Å². The van der Waals surface area contributed by atoms with Crippen LogP contribution in [0.2, 0.25) is 0 Å². The minimum absolute atomic E-state index is 0.109. The lowest BCUT2D eigenvalue weighted by atomic mass is 9.96. The highest BCUT2D eigenvalue weighted by Gasteiger charge is 2.31. The fraction of sp³-hybridized carbons (Fsp3) is 0.800. The smallest absolute Gasteiger partial charge is 0.322 e. The van der Waals surface area contributed by atoms with E-state index in [0.717, 1.165) is 6.42 Å². The normalized spacial score (nSPS) is 15.0. The van der Waals surface area contributed by atoms with Crippen LogP contribution in [0.5, 0.6) is 0 Å². The summed E-state index contributed by atoms with van der Waals surface area (Å²) in [6.45, 7) is 7.47. The number of carbonyl (C=O) groups is 4. The maximum atomic E-state index is 12.9. The van der Waals surface area contributed by atoms with Crippen LogP contribution in [-0.2, 0) is 19.2 Å². The van der Waals surface area contributed by atoms with Crippen LogP contribution in [0.15, 0.2) is 0 Å². The second-order valence-electron chi connectivity index (χ2n) is 8.07. The molecular formula is C20H39N5O5. The predicted octanol–water partition coefficient (Wildman–Crippen LogP) is -0.295. The molecule has 30 heavy (non-hydrogen) atoms. The molecule has 0 fully saturated rings.